The predicted octanol–water partition coefficient (Wildman–Crippen LogP) is 4.40. The van der Waals surface area contributed by atoms with Gasteiger partial charge in [-0.05, 0) is 73.2 Å². The standard InChI is InChI=1S/C22H24N2O/c23-16-17-4-6-18(7-5-17)19-9-11-22-20(15-19)8-10-21-3-1-2-12-24(21)13-14-25-22/h4-7,9,11,15,21H,1-3,8,10,12-14H2. The summed E-state index contributed by atoms with van der Waals surface area (Å²) in [6.07, 6.45) is 6.30. The van der Waals surface area contributed by atoms with E-state index in [2.05, 4.69) is 29.2 Å². The van der Waals surface area contributed by atoms with E-state index in [-0.39, 0.29) is 0 Å². The number of hydrogen-bond acceptors (Lipinski definition) is 3. The molecule has 2 aromatic rings. The zero-order valence-corrected chi connectivity index (χ0v) is 14.6. The van der Waals surface area contributed by atoms with Crippen LogP contribution in [0.3, 0.4) is 0 Å². The molecule has 1 atom stereocenters. The Morgan fingerprint density at radius 1 is 0.960 bits per heavy atom. The highest BCUT2D eigenvalue weighted by molar-refractivity contribution is 5.66. The maximum Gasteiger partial charge on any atom is 0.122 e. The Hall–Kier alpha value is -2.31. The van der Waals surface area contributed by atoms with E-state index in [4.69, 9.17) is 10.00 Å². The molecule has 1 fully saturated rings. The number of piperidine rings is 1. The molecule has 0 aromatic heterocycles. The number of benzene rings is 2. The topological polar surface area (TPSA) is 36.3 Å². The number of fused-ring (bicyclic) bond motifs is 2. The first-order valence-corrected chi connectivity index (χ1v) is 9.34. The van der Waals surface area contributed by atoms with Crippen LogP contribution in [0.15, 0.2) is 42.5 Å². The summed E-state index contributed by atoms with van der Waals surface area (Å²) in [6, 6.07) is 17.2. The van der Waals surface area contributed by atoms with Crippen molar-refractivity contribution >= 4 is 0 Å². The largest absolute Gasteiger partial charge is 0.492 e. The SMILES string of the molecule is N#Cc1ccc(-c2ccc3c(c2)CCC2CCCCN2CCO3)cc1. The Morgan fingerprint density at radius 3 is 2.64 bits per heavy atom. The van der Waals surface area contributed by atoms with Crippen molar-refractivity contribution in [3.05, 3.63) is 53.6 Å². The van der Waals surface area contributed by atoms with E-state index < -0.39 is 0 Å². The van der Waals surface area contributed by atoms with Gasteiger partial charge in [0.15, 0.2) is 0 Å². The second-order valence-electron chi connectivity index (χ2n) is 7.08. The summed E-state index contributed by atoms with van der Waals surface area (Å²) in [5, 5.41) is 8.97. The lowest BCUT2D eigenvalue weighted by atomic mass is 9.94. The first kappa shape index (κ1) is 16.2. The van der Waals surface area contributed by atoms with Crippen LogP contribution in [0.5, 0.6) is 5.75 Å². The molecule has 0 N–H and O–H groups in total. The van der Waals surface area contributed by atoms with Crippen LogP contribution < -0.4 is 4.74 Å². The summed E-state index contributed by atoms with van der Waals surface area (Å²) in [7, 11) is 0. The number of ether oxygens (including phenoxy) is 1. The molecule has 0 bridgehead atoms. The van der Waals surface area contributed by atoms with Crippen molar-refractivity contribution in [2.75, 3.05) is 19.7 Å². The normalized spacial score (nSPS) is 20.8. The second-order valence-corrected chi connectivity index (χ2v) is 7.08. The van der Waals surface area contributed by atoms with Crippen molar-refractivity contribution in [3.8, 4) is 22.9 Å². The Kier molecular flexibility index (Phi) is 4.72. The molecule has 2 aliphatic rings. The third-order valence-corrected chi connectivity index (χ3v) is 5.54. The van der Waals surface area contributed by atoms with Crippen LogP contribution in [0.2, 0.25) is 0 Å². The van der Waals surface area contributed by atoms with Crippen LogP contribution in [0.25, 0.3) is 11.1 Å². The van der Waals surface area contributed by atoms with Gasteiger partial charge in [0.1, 0.15) is 12.4 Å². The number of rotatable bonds is 1. The lowest BCUT2D eigenvalue weighted by Gasteiger charge is -2.35. The zero-order chi connectivity index (χ0) is 17.1. The molecule has 1 unspecified atom stereocenters. The second kappa shape index (κ2) is 7.29. The first-order chi connectivity index (χ1) is 12.3. The van der Waals surface area contributed by atoms with Gasteiger partial charge in [0.25, 0.3) is 0 Å². The highest BCUT2D eigenvalue weighted by Gasteiger charge is 2.24. The van der Waals surface area contributed by atoms with E-state index >= 15 is 0 Å². The molecule has 0 spiro atoms. The molecule has 3 heteroatoms. The third-order valence-electron chi connectivity index (χ3n) is 5.54. The molecule has 0 amide bonds. The Morgan fingerprint density at radius 2 is 1.80 bits per heavy atom. The molecule has 25 heavy (non-hydrogen) atoms. The van der Waals surface area contributed by atoms with Crippen molar-refractivity contribution in [1.29, 1.82) is 5.26 Å². The molecule has 4 rings (SSSR count). The quantitative estimate of drug-likeness (QED) is 0.776. The van der Waals surface area contributed by atoms with Crippen molar-refractivity contribution in [2.45, 2.75) is 38.1 Å². The Balaban J connectivity index is 1.59. The first-order valence-electron chi connectivity index (χ1n) is 9.34. The monoisotopic (exact) mass is 332 g/mol. The van der Waals surface area contributed by atoms with Gasteiger partial charge in [-0.3, -0.25) is 4.90 Å². The van der Waals surface area contributed by atoms with Crippen LogP contribution in [0, 0.1) is 11.3 Å². The van der Waals surface area contributed by atoms with Crippen molar-refractivity contribution in [1.82, 2.24) is 4.90 Å². The van der Waals surface area contributed by atoms with Gasteiger partial charge in [-0.25, -0.2) is 0 Å². The Labute approximate surface area is 149 Å². The number of nitriles is 1. The number of hydrogen-bond donors (Lipinski definition) is 0. The minimum Gasteiger partial charge on any atom is -0.492 e. The van der Waals surface area contributed by atoms with Crippen LogP contribution >= 0.6 is 0 Å². The van der Waals surface area contributed by atoms with E-state index in [1.807, 2.05) is 24.3 Å². The molecule has 2 aromatic carbocycles. The fraction of sp³-hybridized carbons (Fsp3) is 0.409. The molecule has 0 saturated carbocycles. The summed E-state index contributed by atoms with van der Waals surface area (Å²) in [5.74, 6) is 1.04. The fourth-order valence-electron chi connectivity index (χ4n) is 4.11. The van der Waals surface area contributed by atoms with Crippen LogP contribution in [0.1, 0.15) is 36.8 Å². The van der Waals surface area contributed by atoms with Crippen LogP contribution in [0.4, 0.5) is 0 Å². The van der Waals surface area contributed by atoms with E-state index in [1.165, 1.54) is 43.4 Å². The van der Waals surface area contributed by atoms with Gasteiger partial charge >= 0.3 is 0 Å². The summed E-state index contributed by atoms with van der Waals surface area (Å²) < 4.78 is 6.10. The fourth-order valence-corrected chi connectivity index (χ4v) is 4.11. The Bertz CT molecular complexity index is 776. The highest BCUT2D eigenvalue weighted by atomic mass is 16.5. The van der Waals surface area contributed by atoms with E-state index in [0.29, 0.717) is 11.6 Å². The molecule has 1 saturated heterocycles. The van der Waals surface area contributed by atoms with E-state index in [0.717, 1.165) is 30.9 Å². The van der Waals surface area contributed by atoms with Gasteiger partial charge in [0.05, 0.1) is 11.6 Å². The van der Waals surface area contributed by atoms with Crippen LogP contribution in [-0.4, -0.2) is 30.6 Å². The van der Waals surface area contributed by atoms with Gasteiger partial charge in [-0.1, -0.05) is 24.6 Å². The highest BCUT2D eigenvalue weighted by Crippen LogP contribution is 2.31. The van der Waals surface area contributed by atoms with Gasteiger partial charge in [0, 0.05) is 12.6 Å². The third kappa shape index (κ3) is 3.55. The number of aryl methyl sites for hydroxylation is 1. The molecule has 0 radical (unpaired) electrons. The summed E-state index contributed by atoms with van der Waals surface area (Å²) in [4.78, 5) is 2.62. The average Bonchev–Trinajstić information content (AvgIpc) is 2.76. The molecule has 3 nitrogen and oxygen atoms in total. The predicted molar refractivity (Wildman–Crippen MR) is 99.6 cm³/mol. The summed E-state index contributed by atoms with van der Waals surface area (Å²) in [5.41, 5.74) is 4.37. The van der Waals surface area contributed by atoms with Gasteiger partial charge < -0.3 is 4.74 Å². The van der Waals surface area contributed by atoms with Crippen LogP contribution in [-0.2, 0) is 6.42 Å². The van der Waals surface area contributed by atoms with Gasteiger partial charge in [-0.2, -0.15) is 5.26 Å². The minimum atomic E-state index is 0.701. The molecular formula is C22H24N2O. The van der Waals surface area contributed by atoms with Gasteiger partial charge in [0.2, 0.25) is 0 Å². The average molecular weight is 332 g/mol. The molecule has 128 valence electrons. The number of nitrogens with zero attached hydrogens (tertiary/aromatic N) is 2. The van der Waals surface area contributed by atoms with Crippen molar-refractivity contribution < 1.29 is 4.74 Å². The lowest BCUT2D eigenvalue weighted by Crippen LogP contribution is -2.41. The van der Waals surface area contributed by atoms with Crippen molar-refractivity contribution in [2.24, 2.45) is 0 Å². The maximum atomic E-state index is 8.97. The van der Waals surface area contributed by atoms with Crippen molar-refractivity contribution in [3.63, 3.8) is 0 Å². The molecule has 2 aliphatic heterocycles. The smallest absolute Gasteiger partial charge is 0.122 e. The molecule has 0 aliphatic carbocycles. The lowest BCUT2D eigenvalue weighted by molar-refractivity contribution is 0.122. The summed E-state index contributed by atoms with van der Waals surface area (Å²) in [6.45, 7) is 3.04. The maximum absolute atomic E-state index is 8.97. The summed E-state index contributed by atoms with van der Waals surface area (Å²) >= 11 is 0. The van der Waals surface area contributed by atoms with E-state index in [9.17, 15) is 0 Å². The van der Waals surface area contributed by atoms with Gasteiger partial charge in [-0.15, -0.1) is 0 Å². The van der Waals surface area contributed by atoms with E-state index in [1.54, 1.807) is 0 Å². The minimum absolute atomic E-state index is 0.701. The zero-order valence-electron chi connectivity index (χ0n) is 14.6. The molecule has 2 heterocycles. The molecular weight excluding hydrogens is 308 g/mol.